The van der Waals surface area contributed by atoms with Crippen LogP contribution in [0.2, 0.25) is 0 Å². The maximum absolute atomic E-state index is 13.2. The Labute approximate surface area is 162 Å². The Kier molecular flexibility index (Phi) is 7.93. The molecule has 0 radical (unpaired) electrons. The van der Waals surface area contributed by atoms with Gasteiger partial charge in [0.25, 0.3) is 0 Å². The summed E-state index contributed by atoms with van der Waals surface area (Å²) >= 11 is 0. The molecule has 0 bridgehead atoms. The zero-order chi connectivity index (χ0) is 19.6. The van der Waals surface area contributed by atoms with E-state index in [9.17, 15) is 4.39 Å². The van der Waals surface area contributed by atoms with Crippen LogP contribution in [0, 0.1) is 5.82 Å². The molecular formula is C23H29FN2O. The van der Waals surface area contributed by atoms with Gasteiger partial charge in [-0.05, 0) is 82.1 Å². The molecule has 0 amide bonds. The number of rotatable bonds is 9. The van der Waals surface area contributed by atoms with Crippen LogP contribution in [-0.4, -0.2) is 13.7 Å². The predicted octanol–water partition coefficient (Wildman–Crippen LogP) is 6.36. The second-order valence-electron chi connectivity index (χ2n) is 6.80. The molecule has 2 rings (SSSR count). The summed E-state index contributed by atoms with van der Waals surface area (Å²) in [6, 6.07) is 14.2. The number of hydrogen-bond acceptors (Lipinski definition) is 3. The fourth-order valence-corrected chi connectivity index (χ4v) is 2.60. The summed E-state index contributed by atoms with van der Waals surface area (Å²) in [4.78, 5) is 0. The van der Waals surface area contributed by atoms with E-state index in [4.69, 9.17) is 4.74 Å². The first-order valence-electron chi connectivity index (χ1n) is 9.20. The molecule has 4 heteroatoms. The number of nitrogens with one attached hydrogen (secondary N) is 1. The first-order chi connectivity index (χ1) is 13.0. The number of methoxy groups -OCH3 is 1. The van der Waals surface area contributed by atoms with Crippen LogP contribution in [0.1, 0.15) is 33.6 Å². The highest BCUT2D eigenvalue weighted by Gasteiger charge is 2.06. The molecule has 1 N–H and O–H groups in total. The summed E-state index contributed by atoms with van der Waals surface area (Å²) in [6.07, 6.45) is 6.58. The van der Waals surface area contributed by atoms with E-state index >= 15 is 0 Å². The topological polar surface area (TPSA) is 24.5 Å². The first-order valence-corrected chi connectivity index (χ1v) is 9.20. The molecule has 0 aliphatic heterocycles. The van der Waals surface area contributed by atoms with Gasteiger partial charge in [-0.3, -0.25) is 10.4 Å². The van der Waals surface area contributed by atoms with E-state index in [2.05, 4.69) is 38.3 Å². The molecule has 0 aromatic heterocycles. The van der Waals surface area contributed by atoms with Crippen molar-refractivity contribution in [2.45, 2.75) is 33.6 Å². The third-order valence-corrected chi connectivity index (χ3v) is 4.21. The lowest BCUT2D eigenvalue weighted by Crippen LogP contribution is -2.30. The van der Waals surface area contributed by atoms with E-state index in [0.29, 0.717) is 6.54 Å². The number of hydrogen-bond donors (Lipinski definition) is 1. The number of anilines is 2. The Bertz CT molecular complexity index is 760. The number of ether oxygens (including phenoxy) is 1. The maximum atomic E-state index is 13.2. The minimum atomic E-state index is -0.244. The van der Waals surface area contributed by atoms with Crippen molar-refractivity contribution in [1.29, 1.82) is 0 Å². The van der Waals surface area contributed by atoms with E-state index in [1.807, 2.05) is 29.3 Å². The molecule has 0 aliphatic carbocycles. The fraction of sp³-hybridized carbons (Fsp3) is 0.304. The smallest absolute Gasteiger partial charge is 0.123 e. The van der Waals surface area contributed by atoms with Crippen molar-refractivity contribution in [2.75, 3.05) is 24.1 Å². The Morgan fingerprint density at radius 3 is 2.26 bits per heavy atom. The lowest BCUT2D eigenvalue weighted by Gasteiger charge is -2.26. The average molecular weight is 368 g/mol. The van der Waals surface area contributed by atoms with Gasteiger partial charge in [0.1, 0.15) is 11.6 Å². The SMILES string of the molecule is COc1ccc(N(C/C=C(\C)CCC=C(C)C)Nc2ccc(F)cc2)cc1. The van der Waals surface area contributed by atoms with Gasteiger partial charge in [-0.15, -0.1) is 0 Å². The van der Waals surface area contributed by atoms with Crippen LogP contribution in [0.25, 0.3) is 0 Å². The number of benzene rings is 2. The number of nitrogens with zero attached hydrogens (tertiary/aromatic N) is 1. The highest BCUT2D eigenvalue weighted by Crippen LogP contribution is 2.21. The van der Waals surface area contributed by atoms with E-state index in [-0.39, 0.29) is 5.82 Å². The van der Waals surface area contributed by atoms with Gasteiger partial charge >= 0.3 is 0 Å². The molecule has 2 aromatic carbocycles. The summed E-state index contributed by atoms with van der Waals surface area (Å²) in [5.74, 6) is 0.570. The molecule has 0 saturated carbocycles. The monoisotopic (exact) mass is 368 g/mol. The molecule has 144 valence electrons. The molecule has 0 aliphatic rings. The minimum Gasteiger partial charge on any atom is -0.497 e. The van der Waals surface area contributed by atoms with Crippen LogP contribution in [-0.2, 0) is 0 Å². The third kappa shape index (κ3) is 7.18. The van der Waals surface area contributed by atoms with Crippen LogP contribution in [0.3, 0.4) is 0 Å². The molecule has 0 unspecified atom stereocenters. The Balaban J connectivity index is 2.12. The lowest BCUT2D eigenvalue weighted by molar-refractivity contribution is 0.415. The summed E-state index contributed by atoms with van der Waals surface area (Å²) in [6.45, 7) is 7.10. The standard InChI is InChI=1S/C23H29FN2O/c1-18(2)6-5-7-19(3)16-17-26(22-12-14-23(27-4)15-13-22)25-21-10-8-20(24)9-11-21/h6,8-16,25H,5,7,17H2,1-4H3/b19-16+. The van der Waals surface area contributed by atoms with Crippen molar-refractivity contribution < 1.29 is 9.13 Å². The van der Waals surface area contributed by atoms with Crippen molar-refractivity contribution >= 4 is 11.4 Å². The predicted molar refractivity (Wildman–Crippen MR) is 113 cm³/mol. The third-order valence-electron chi connectivity index (χ3n) is 4.21. The van der Waals surface area contributed by atoms with Crippen molar-refractivity contribution in [3.63, 3.8) is 0 Å². The normalized spacial score (nSPS) is 11.1. The van der Waals surface area contributed by atoms with Gasteiger partial charge in [-0.25, -0.2) is 4.39 Å². The Morgan fingerprint density at radius 1 is 1.00 bits per heavy atom. The number of halogens is 1. The zero-order valence-electron chi connectivity index (χ0n) is 16.6. The van der Waals surface area contributed by atoms with Gasteiger partial charge in [-0.2, -0.15) is 0 Å². The van der Waals surface area contributed by atoms with Gasteiger partial charge in [0.15, 0.2) is 0 Å². The van der Waals surface area contributed by atoms with Gasteiger partial charge < -0.3 is 4.74 Å². The molecule has 0 fully saturated rings. The van der Waals surface area contributed by atoms with Crippen molar-refractivity contribution in [3.05, 3.63) is 77.6 Å². The molecule has 27 heavy (non-hydrogen) atoms. The fourth-order valence-electron chi connectivity index (χ4n) is 2.60. The van der Waals surface area contributed by atoms with Crippen LogP contribution < -0.4 is 15.2 Å². The van der Waals surface area contributed by atoms with Crippen molar-refractivity contribution in [3.8, 4) is 5.75 Å². The molecule has 0 spiro atoms. The number of allylic oxidation sites excluding steroid dienone is 3. The quantitative estimate of drug-likeness (QED) is 0.412. The molecular weight excluding hydrogens is 339 g/mol. The highest BCUT2D eigenvalue weighted by molar-refractivity contribution is 5.56. The Hall–Kier alpha value is -2.75. The molecule has 0 saturated heterocycles. The highest BCUT2D eigenvalue weighted by atomic mass is 19.1. The van der Waals surface area contributed by atoms with Crippen molar-refractivity contribution in [1.82, 2.24) is 0 Å². The summed E-state index contributed by atoms with van der Waals surface area (Å²) in [7, 11) is 1.65. The van der Waals surface area contributed by atoms with Gasteiger partial charge in [0, 0.05) is 0 Å². The molecule has 0 atom stereocenters. The lowest BCUT2D eigenvalue weighted by atomic mass is 10.1. The maximum Gasteiger partial charge on any atom is 0.123 e. The van der Waals surface area contributed by atoms with Crippen LogP contribution in [0.5, 0.6) is 5.75 Å². The molecule has 3 nitrogen and oxygen atoms in total. The zero-order valence-corrected chi connectivity index (χ0v) is 16.6. The Morgan fingerprint density at radius 2 is 1.67 bits per heavy atom. The van der Waals surface area contributed by atoms with Gasteiger partial charge in [0.2, 0.25) is 0 Å². The van der Waals surface area contributed by atoms with Crippen LogP contribution >= 0.6 is 0 Å². The summed E-state index contributed by atoms with van der Waals surface area (Å²) in [5.41, 5.74) is 7.89. The van der Waals surface area contributed by atoms with Gasteiger partial charge in [0.05, 0.1) is 25.0 Å². The first kappa shape index (κ1) is 20.6. The minimum absolute atomic E-state index is 0.244. The average Bonchev–Trinajstić information content (AvgIpc) is 2.66. The largest absolute Gasteiger partial charge is 0.497 e. The van der Waals surface area contributed by atoms with Crippen LogP contribution in [0.4, 0.5) is 15.8 Å². The molecule has 0 heterocycles. The van der Waals surface area contributed by atoms with Crippen molar-refractivity contribution in [2.24, 2.45) is 0 Å². The summed E-state index contributed by atoms with van der Waals surface area (Å²) in [5, 5.41) is 2.04. The van der Waals surface area contributed by atoms with Crippen LogP contribution in [0.15, 0.2) is 71.8 Å². The van der Waals surface area contributed by atoms with E-state index in [0.717, 1.165) is 30.0 Å². The van der Waals surface area contributed by atoms with Gasteiger partial charge in [-0.1, -0.05) is 23.3 Å². The second-order valence-corrected chi connectivity index (χ2v) is 6.80. The number of hydrazine groups is 1. The molecule has 2 aromatic rings. The van der Waals surface area contributed by atoms with E-state index in [1.165, 1.54) is 23.3 Å². The van der Waals surface area contributed by atoms with E-state index in [1.54, 1.807) is 19.2 Å². The summed E-state index contributed by atoms with van der Waals surface area (Å²) < 4.78 is 18.4. The second kappa shape index (κ2) is 10.4. The van der Waals surface area contributed by atoms with E-state index < -0.39 is 0 Å².